The van der Waals surface area contributed by atoms with Crippen molar-refractivity contribution in [1.29, 1.82) is 0 Å². The third-order valence-electron chi connectivity index (χ3n) is 11.0. The van der Waals surface area contributed by atoms with Gasteiger partial charge in [-0.25, -0.2) is 9.18 Å². The van der Waals surface area contributed by atoms with Gasteiger partial charge in [0.25, 0.3) is 0 Å². The molecule has 1 N–H and O–H groups in total. The summed E-state index contributed by atoms with van der Waals surface area (Å²) in [6, 6.07) is 13.6. The first kappa shape index (κ1) is 36.5. The fourth-order valence-corrected chi connectivity index (χ4v) is 9.45. The number of hydrogen-bond donors (Lipinski definition) is 1. The Morgan fingerprint density at radius 1 is 0.980 bits per heavy atom. The fraction of sp³-hybridized carbons (Fsp3) is 0.615. The molecule has 272 valence electrons. The number of rotatable bonds is 8. The highest BCUT2D eigenvalue weighted by molar-refractivity contribution is 8.02. The highest BCUT2D eigenvalue weighted by Gasteiger charge is 2.52. The monoisotopic (exact) mass is 706 g/mol. The summed E-state index contributed by atoms with van der Waals surface area (Å²) in [4.78, 5) is 51.8. The second kappa shape index (κ2) is 14.7. The number of carbonyl (C=O) groups excluding carboxylic acids is 3. The number of thioether (sulfide) groups is 1. The number of halogens is 1. The third kappa shape index (κ3) is 7.78. The summed E-state index contributed by atoms with van der Waals surface area (Å²) in [7, 11) is 0. The van der Waals surface area contributed by atoms with Crippen molar-refractivity contribution in [3.05, 3.63) is 59.4 Å². The number of nitrogens with one attached hydrogen (secondary N) is 1. The van der Waals surface area contributed by atoms with E-state index in [9.17, 15) is 14.4 Å². The molecule has 0 aliphatic carbocycles. The Morgan fingerprint density at radius 3 is 2.36 bits per heavy atom. The summed E-state index contributed by atoms with van der Waals surface area (Å²) < 4.78 is 14.8. The van der Waals surface area contributed by atoms with Gasteiger partial charge in [0.15, 0.2) is 0 Å². The lowest BCUT2D eigenvalue weighted by Gasteiger charge is -2.40. The summed E-state index contributed by atoms with van der Waals surface area (Å²) in [5, 5.41) is 2.68. The van der Waals surface area contributed by atoms with Gasteiger partial charge in [-0.2, -0.15) is 0 Å². The Morgan fingerprint density at radius 2 is 1.68 bits per heavy atom. The lowest BCUT2D eigenvalue weighted by molar-refractivity contribution is -0.139. The number of likely N-dealkylation sites (tertiary alicyclic amines) is 1. The molecule has 4 amide bonds. The van der Waals surface area contributed by atoms with Crippen LogP contribution in [-0.2, 0) is 16.0 Å². The van der Waals surface area contributed by atoms with Gasteiger partial charge in [-0.3, -0.25) is 14.5 Å². The SMILES string of the molecule is CC(C)N1CCN(c2c(F)cccc2[C@@H]2S[C@@](C)(CC(=O)N3CCC(N4CCc5ccccc5NC4=O)CC3)C(=O)N2CCC(C)(C)C)CC1. The second-order valence-corrected chi connectivity index (χ2v) is 17.7. The van der Waals surface area contributed by atoms with Crippen molar-refractivity contribution in [3.8, 4) is 0 Å². The van der Waals surface area contributed by atoms with Crippen molar-refractivity contribution < 1.29 is 18.8 Å². The molecule has 50 heavy (non-hydrogen) atoms. The largest absolute Gasteiger partial charge is 0.366 e. The lowest BCUT2D eigenvalue weighted by atomic mass is 9.91. The third-order valence-corrected chi connectivity index (χ3v) is 12.6. The highest BCUT2D eigenvalue weighted by Crippen LogP contribution is 2.53. The van der Waals surface area contributed by atoms with Crippen LogP contribution in [0.25, 0.3) is 0 Å². The van der Waals surface area contributed by atoms with Gasteiger partial charge < -0.3 is 24.9 Å². The Labute approximate surface area is 301 Å². The molecule has 0 saturated carbocycles. The maximum Gasteiger partial charge on any atom is 0.322 e. The minimum atomic E-state index is -0.979. The highest BCUT2D eigenvalue weighted by atomic mass is 32.2. The molecule has 9 nitrogen and oxygen atoms in total. The van der Waals surface area contributed by atoms with Crippen LogP contribution in [0.4, 0.5) is 20.6 Å². The Kier molecular flexibility index (Phi) is 10.8. The fourth-order valence-electron chi connectivity index (χ4n) is 7.89. The maximum atomic E-state index is 15.8. The molecule has 4 aliphatic heterocycles. The van der Waals surface area contributed by atoms with Gasteiger partial charge in [-0.05, 0) is 69.6 Å². The average molecular weight is 707 g/mol. The maximum absolute atomic E-state index is 15.8. The number of urea groups is 1. The molecule has 2 atom stereocenters. The summed E-state index contributed by atoms with van der Waals surface area (Å²) in [6.45, 7) is 18.2. The average Bonchev–Trinajstić information content (AvgIpc) is 3.20. The summed E-state index contributed by atoms with van der Waals surface area (Å²) in [5.41, 5.74) is 3.40. The molecule has 0 aromatic heterocycles. The van der Waals surface area contributed by atoms with E-state index in [1.54, 1.807) is 6.07 Å². The smallest absolute Gasteiger partial charge is 0.322 e. The zero-order valence-corrected chi connectivity index (χ0v) is 31.5. The first-order valence-corrected chi connectivity index (χ1v) is 19.3. The van der Waals surface area contributed by atoms with Gasteiger partial charge in [0.1, 0.15) is 15.9 Å². The zero-order chi connectivity index (χ0) is 35.8. The predicted octanol–water partition coefficient (Wildman–Crippen LogP) is 6.60. The molecule has 0 unspecified atom stereocenters. The van der Waals surface area contributed by atoms with Crippen molar-refractivity contribution >= 4 is 41.0 Å². The number of amides is 4. The molecule has 11 heteroatoms. The zero-order valence-electron chi connectivity index (χ0n) is 30.7. The van der Waals surface area contributed by atoms with Crippen LogP contribution in [0.1, 0.15) is 83.7 Å². The minimum Gasteiger partial charge on any atom is -0.366 e. The van der Waals surface area contributed by atoms with Crippen LogP contribution >= 0.6 is 11.8 Å². The molecule has 0 spiro atoms. The Bertz CT molecular complexity index is 1570. The molecular weight excluding hydrogens is 652 g/mol. The predicted molar refractivity (Wildman–Crippen MR) is 200 cm³/mol. The van der Waals surface area contributed by atoms with E-state index in [4.69, 9.17) is 0 Å². The lowest BCUT2D eigenvalue weighted by Crippen LogP contribution is -2.51. The van der Waals surface area contributed by atoms with E-state index in [0.29, 0.717) is 50.7 Å². The molecule has 0 bridgehead atoms. The minimum absolute atomic E-state index is 0.000341. The van der Waals surface area contributed by atoms with Crippen molar-refractivity contribution in [1.82, 2.24) is 19.6 Å². The topological polar surface area (TPSA) is 79.4 Å². The quantitative estimate of drug-likeness (QED) is 0.334. The molecule has 3 saturated heterocycles. The number of anilines is 2. The van der Waals surface area contributed by atoms with Crippen LogP contribution in [0.15, 0.2) is 42.5 Å². The van der Waals surface area contributed by atoms with Crippen molar-refractivity contribution in [2.45, 2.75) is 95.9 Å². The van der Waals surface area contributed by atoms with E-state index in [-0.39, 0.29) is 41.5 Å². The van der Waals surface area contributed by atoms with Crippen LogP contribution in [-0.4, -0.2) is 107 Å². The van der Waals surface area contributed by atoms with E-state index in [0.717, 1.165) is 55.8 Å². The van der Waals surface area contributed by atoms with Gasteiger partial charge in [-0.15, -0.1) is 11.8 Å². The van der Waals surface area contributed by atoms with Crippen molar-refractivity contribution in [2.75, 3.05) is 62.6 Å². The van der Waals surface area contributed by atoms with E-state index in [1.165, 1.54) is 17.8 Å². The first-order valence-electron chi connectivity index (χ1n) is 18.4. The number of para-hydroxylation sites is 2. The summed E-state index contributed by atoms with van der Waals surface area (Å²) in [5.74, 6) is -0.361. The van der Waals surface area contributed by atoms with Crippen LogP contribution < -0.4 is 10.2 Å². The molecule has 0 radical (unpaired) electrons. The molecular formula is C39H55FN6O3S. The van der Waals surface area contributed by atoms with E-state index >= 15 is 4.39 Å². The Hall–Kier alpha value is -3.31. The normalized spacial score (nSPS) is 24.1. The van der Waals surface area contributed by atoms with Gasteiger partial charge in [0, 0.05) is 75.7 Å². The van der Waals surface area contributed by atoms with Crippen molar-refractivity contribution in [2.24, 2.45) is 5.41 Å². The van der Waals surface area contributed by atoms with E-state index in [1.807, 2.05) is 45.9 Å². The number of fused-ring (bicyclic) bond motifs is 1. The van der Waals surface area contributed by atoms with Crippen LogP contribution in [0.2, 0.25) is 0 Å². The summed E-state index contributed by atoms with van der Waals surface area (Å²) in [6.07, 6.45) is 3.07. The van der Waals surface area contributed by atoms with E-state index in [2.05, 4.69) is 55.8 Å². The van der Waals surface area contributed by atoms with Gasteiger partial charge in [-0.1, -0.05) is 51.1 Å². The standard InChI is InChI=1S/C39H55FN6O3S/c1-27(2)42-22-24-44(25-23-42)34-30(11-9-12-31(34)40)35-46(21-17-38(3,4)5)36(48)39(6,50-35)26-33(47)43-18-15-29(16-19-43)45-20-14-28-10-7-8-13-32(28)41-37(45)49/h7-13,27,29,35H,14-26H2,1-6H3,(H,41,49)/t35-,39-/m0/s1. The van der Waals surface area contributed by atoms with Gasteiger partial charge in [0.05, 0.1) is 12.1 Å². The number of benzene rings is 2. The number of hydrogen-bond acceptors (Lipinski definition) is 6. The second-order valence-electron chi connectivity index (χ2n) is 16.1. The molecule has 2 aromatic carbocycles. The molecule has 2 aromatic rings. The molecule has 3 fully saturated rings. The number of nitrogens with zero attached hydrogens (tertiary/aromatic N) is 5. The molecule has 4 heterocycles. The molecule has 4 aliphatic rings. The van der Waals surface area contributed by atoms with Gasteiger partial charge in [0.2, 0.25) is 11.8 Å². The van der Waals surface area contributed by atoms with Crippen LogP contribution in [0.5, 0.6) is 0 Å². The van der Waals surface area contributed by atoms with E-state index < -0.39 is 10.1 Å². The Balaban J connectivity index is 1.16. The summed E-state index contributed by atoms with van der Waals surface area (Å²) >= 11 is 1.50. The number of piperazine rings is 1. The van der Waals surface area contributed by atoms with Crippen LogP contribution in [0, 0.1) is 11.2 Å². The number of piperidine rings is 1. The van der Waals surface area contributed by atoms with Crippen LogP contribution in [0.3, 0.4) is 0 Å². The molecule has 6 rings (SSSR count). The van der Waals surface area contributed by atoms with Crippen molar-refractivity contribution in [3.63, 3.8) is 0 Å². The first-order chi connectivity index (χ1) is 23.7. The number of carbonyl (C=O) groups is 3. The van der Waals surface area contributed by atoms with Gasteiger partial charge >= 0.3 is 6.03 Å².